The molecule has 2 nitrogen and oxygen atoms in total. The van der Waals surface area contributed by atoms with Gasteiger partial charge >= 0.3 is 0 Å². The minimum absolute atomic E-state index is 0.665. The molecule has 1 fully saturated rings. The van der Waals surface area contributed by atoms with Crippen LogP contribution in [0.1, 0.15) is 40.0 Å². The maximum absolute atomic E-state index is 5.76. The molecule has 1 N–H and O–H groups in total. The van der Waals surface area contributed by atoms with E-state index in [9.17, 15) is 0 Å². The number of hydrogen-bond donors (Lipinski definition) is 1. The molecule has 0 radical (unpaired) electrons. The van der Waals surface area contributed by atoms with Crippen LogP contribution >= 0.6 is 0 Å². The summed E-state index contributed by atoms with van der Waals surface area (Å²) in [5.41, 5.74) is 0. The second-order valence-corrected chi connectivity index (χ2v) is 6.55. The minimum atomic E-state index is 0.665. The van der Waals surface area contributed by atoms with E-state index in [0.717, 1.165) is 36.7 Å². The maximum Gasteiger partial charge on any atom is 0.119 e. The predicted octanol–water partition coefficient (Wildman–Crippen LogP) is 4.12. The van der Waals surface area contributed by atoms with E-state index >= 15 is 0 Å². The highest BCUT2D eigenvalue weighted by Crippen LogP contribution is 2.33. The normalized spacial score (nSPS) is 26.7. The molecule has 1 saturated carbocycles. The first kappa shape index (κ1) is 15.4. The zero-order chi connectivity index (χ0) is 14.4. The van der Waals surface area contributed by atoms with Crippen LogP contribution in [0.2, 0.25) is 0 Å². The van der Waals surface area contributed by atoms with Crippen LogP contribution in [0.5, 0.6) is 5.75 Å². The lowest BCUT2D eigenvalue weighted by Crippen LogP contribution is -2.44. The lowest BCUT2D eigenvalue weighted by Gasteiger charge is -2.38. The fourth-order valence-corrected chi connectivity index (χ4v) is 3.37. The van der Waals surface area contributed by atoms with Crippen LogP contribution in [0, 0.1) is 17.8 Å². The first-order valence-corrected chi connectivity index (χ1v) is 8.08. The summed E-state index contributed by atoms with van der Waals surface area (Å²) in [5, 5.41) is 3.73. The van der Waals surface area contributed by atoms with Gasteiger partial charge in [-0.3, -0.25) is 0 Å². The van der Waals surface area contributed by atoms with Crippen LogP contribution in [-0.4, -0.2) is 19.2 Å². The Hall–Kier alpha value is -1.02. The van der Waals surface area contributed by atoms with Gasteiger partial charge in [-0.05, 0) is 42.7 Å². The summed E-state index contributed by atoms with van der Waals surface area (Å²) in [5.74, 6) is 3.42. The molecule has 1 aliphatic carbocycles. The van der Waals surface area contributed by atoms with E-state index in [-0.39, 0.29) is 0 Å². The lowest BCUT2D eigenvalue weighted by atomic mass is 9.74. The molecular weight excluding hydrogens is 246 g/mol. The van der Waals surface area contributed by atoms with Gasteiger partial charge in [-0.1, -0.05) is 45.4 Å². The number of benzene rings is 1. The van der Waals surface area contributed by atoms with E-state index in [1.807, 2.05) is 30.3 Å². The van der Waals surface area contributed by atoms with Crippen molar-refractivity contribution in [3.05, 3.63) is 30.3 Å². The smallest absolute Gasteiger partial charge is 0.119 e. The molecule has 0 spiro atoms. The molecular formula is C18H29NO. The van der Waals surface area contributed by atoms with Crippen LogP contribution in [0.4, 0.5) is 0 Å². The van der Waals surface area contributed by atoms with Gasteiger partial charge < -0.3 is 10.1 Å². The molecule has 0 aliphatic heterocycles. The molecule has 2 heteroatoms. The monoisotopic (exact) mass is 275 g/mol. The van der Waals surface area contributed by atoms with Crippen LogP contribution in [0.15, 0.2) is 30.3 Å². The van der Waals surface area contributed by atoms with E-state index in [1.165, 1.54) is 19.3 Å². The van der Waals surface area contributed by atoms with Crippen LogP contribution < -0.4 is 10.1 Å². The molecule has 1 aromatic carbocycles. The molecule has 2 rings (SSSR count). The Morgan fingerprint density at radius 1 is 1.20 bits per heavy atom. The van der Waals surface area contributed by atoms with Crippen molar-refractivity contribution >= 4 is 0 Å². The molecule has 20 heavy (non-hydrogen) atoms. The standard InChI is InChI=1S/C18H29NO/c1-14(2)17-10-9-15(3)13-18(17)19-11-12-20-16-7-5-4-6-8-16/h4-8,14-15,17-19H,9-13H2,1-3H3. The summed E-state index contributed by atoms with van der Waals surface area (Å²) in [6, 6.07) is 10.7. The summed E-state index contributed by atoms with van der Waals surface area (Å²) in [4.78, 5) is 0. The first-order valence-electron chi connectivity index (χ1n) is 8.08. The zero-order valence-corrected chi connectivity index (χ0v) is 13.1. The van der Waals surface area contributed by atoms with Gasteiger partial charge in [-0.15, -0.1) is 0 Å². The van der Waals surface area contributed by atoms with Crippen molar-refractivity contribution in [1.29, 1.82) is 0 Å². The summed E-state index contributed by atoms with van der Waals surface area (Å²) in [6.45, 7) is 8.78. The van der Waals surface area contributed by atoms with Crippen molar-refractivity contribution < 1.29 is 4.74 Å². The molecule has 0 heterocycles. The van der Waals surface area contributed by atoms with Crippen molar-refractivity contribution in [1.82, 2.24) is 5.32 Å². The van der Waals surface area contributed by atoms with Gasteiger partial charge in [0.05, 0.1) is 0 Å². The number of rotatable bonds is 6. The van der Waals surface area contributed by atoms with Gasteiger partial charge in [0, 0.05) is 12.6 Å². The van der Waals surface area contributed by atoms with Gasteiger partial charge in [-0.2, -0.15) is 0 Å². The van der Waals surface area contributed by atoms with Crippen molar-refractivity contribution in [3.8, 4) is 5.75 Å². The molecule has 112 valence electrons. The minimum Gasteiger partial charge on any atom is -0.492 e. The third-order valence-corrected chi connectivity index (χ3v) is 4.54. The SMILES string of the molecule is CC1CCC(C(C)C)C(NCCOc2ccccc2)C1. The second-order valence-electron chi connectivity index (χ2n) is 6.55. The van der Waals surface area contributed by atoms with Crippen LogP contribution in [0.3, 0.4) is 0 Å². The average molecular weight is 275 g/mol. The van der Waals surface area contributed by atoms with E-state index in [0.29, 0.717) is 6.04 Å². The van der Waals surface area contributed by atoms with Gasteiger partial charge in [-0.25, -0.2) is 0 Å². The van der Waals surface area contributed by atoms with Crippen LogP contribution in [-0.2, 0) is 0 Å². The number of para-hydroxylation sites is 1. The first-order chi connectivity index (χ1) is 9.66. The third-order valence-electron chi connectivity index (χ3n) is 4.54. The van der Waals surface area contributed by atoms with Crippen molar-refractivity contribution in [2.75, 3.05) is 13.2 Å². The van der Waals surface area contributed by atoms with Crippen molar-refractivity contribution in [2.24, 2.45) is 17.8 Å². The molecule has 0 aromatic heterocycles. The highest BCUT2D eigenvalue weighted by atomic mass is 16.5. The van der Waals surface area contributed by atoms with E-state index < -0.39 is 0 Å². The molecule has 0 saturated heterocycles. The van der Waals surface area contributed by atoms with Crippen LogP contribution in [0.25, 0.3) is 0 Å². The molecule has 1 aromatic rings. The Kier molecular flexibility index (Phi) is 5.90. The quantitative estimate of drug-likeness (QED) is 0.789. The number of nitrogens with one attached hydrogen (secondary N) is 1. The zero-order valence-electron chi connectivity index (χ0n) is 13.1. The Morgan fingerprint density at radius 2 is 1.95 bits per heavy atom. The Balaban J connectivity index is 1.73. The van der Waals surface area contributed by atoms with Gasteiger partial charge in [0.2, 0.25) is 0 Å². The Bertz CT molecular complexity index is 376. The maximum atomic E-state index is 5.76. The number of ether oxygens (including phenoxy) is 1. The molecule has 1 aliphatic rings. The van der Waals surface area contributed by atoms with Crippen molar-refractivity contribution in [3.63, 3.8) is 0 Å². The molecule has 3 atom stereocenters. The Labute approximate surface area is 123 Å². The predicted molar refractivity (Wildman–Crippen MR) is 85.1 cm³/mol. The molecule has 0 amide bonds. The summed E-state index contributed by atoms with van der Waals surface area (Å²) in [7, 11) is 0. The third kappa shape index (κ3) is 4.52. The topological polar surface area (TPSA) is 21.3 Å². The van der Waals surface area contributed by atoms with Gasteiger partial charge in [0.15, 0.2) is 0 Å². The molecule has 3 unspecified atom stereocenters. The summed E-state index contributed by atoms with van der Waals surface area (Å²) in [6.07, 6.45) is 4.08. The van der Waals surface area contributed by atoms with E-state index in [1.54, 1.807) is 0 Å². The summed E-state index contributed by atoms with van der Waals surface area (Å²) >= 11 is 0. The van der Waals surface area contributed by atoms with Gasteiger partial charge in [0.1, 0.15) is 12.4 Å². The van der Waals surface area contributed by atoms with E-state index in [2.05, 4.69) is 26.1 Å². The second kappa shape index (κ2) is 7.68. The largest absolute Gasteiger partial charge is 0.492 e. The van der Waals surface area contributed by atoms with Crippen molar-refractivity contribution in [2.45, 2.75) is 46.1 Å². The average Bonchev–Trinajstić information content (AvgIpc) is 2.44. The fourth-order valence-electron chi connectivity index (χ4n) is 3.37. The highest BCUT2D eigenvalue weighted by molar-refractivity contribution is 5.20. The van der Waals surface area contributed by atoms with Gasteiger partial charge in [0.25, 0.3) is 0 Å². The Morgan fingerprint density at radius 3 is 2.65 bits per heavy atom. The highest BCUT2D eigenvalue weighted by Gasteiger charge is 2.29. The molecule has 0 bridgehead atoms. The number of hydrogen-bond acceptors (Lipinski definition) is 2. The fraction of sp³-hybridized carbons (Fsp3) is 0.667. The van der Waals surface area contributed by atoms with E-state index in [4.69, 9.17) is 4.74 Å². The summed E-state index contributed by atoms with van der Waals surface area (Å²) < 4.78 is 5.76. The lowest BCUT2D eigenvalue weighted by molar-refractivity contribution is 0.164.